The third-order valence-electron chi connectivity index (χ3n) is 3.90. The predicted octanol–water partition coefficient (Wildman–Crippen LogP) is 4.02. The van der Waals surface area contributed by atoms with Crippen molar-refractivity contribution in [3.63, 3.8) is 0 Å². The maximum Gasteiger partial charge on any atom is 0.0776 e. The van der Waals surface area contributed by atoms with Crippen LogP contribution in [0, 0.1) is 5.92 Å². The Morgan fingerprint density at radius 1 is 1.50 bits per heavy atom. The molecule has 1 fully saturated rings. The van der Waals surface area contributed by atoms with Gasteiger partial charge >= 0.3 is 0 Å². The van der Waals surface area contributed by atoms with Gasteiger partial charge in [0.25, 0.3) is 0 Å². The van der Waals surface area contributed by atoms with Gasteiger partial charge in [-0.2, -0.15) is 0 Å². The summed E-state index contributed by atoms with van der Waals surface area (Å²) >= 11 is 6.23. The fourth-order valence-electron chi connectivity index (χ4n) is 2.68. The van der Waals surface area contributed by atoms with E-state index in [-0.39, 0.29) is 0 Å². The van der Waals surface area contributed by atoms with E-state index in [9.17, 15) is 5.11 Å². The number of piperidine rings is 1. The maximum atomic E-state index is 9.59. The predicted molar refractivity (Wildman–Crippen MR) is 77.3 cm³/mol. The van der Waals surface area contributed by atoms with Gasteiger partial charge in [-0.05, 0) is 43.4 Å². The first kappa shape index (κ1) is 13.7. The Kier molecular flexibility index (Phi) is 4.52. The number of rotatable bonds is 3. The SMILES string of the molecule is CCC1CCCN(c2ccc(C(C)O)c(Cl)c2)C1. The highest BCUT2D eigenvalue weighted by molar-refractivity contribution is 6.31. The van der Waals surface area contributed by atoms with E-state index in [1.165, 1.54) is 24.9 Å². The Balaban J connectivity index is 2.16. The van der Waals surface area contributed by atoms with Crippen LogP contribution in [0.2, 0.25) is 5.02 Å². The second-order valence-electron chi connectivity index (χ2n) is 5.24. The molecule has 0 saturated carbocycles. The van der Waals surface area contributed by atoms with Gasteiger partial charge in [0.05, 0.1) is 6.10 Å². The van der Waals surface area contributed by atoms with Crippen LogP contribution in [0.15, 0.2) is 18.2 Å². The normalized spacial score (nSPS) is 22.0. The zero-order chi connectivity index (χ0) is 13.1. The molecule has 1 aliphatic rings. The van der Waals surface area contributed by atoms with Gasteiger partial charge in [0, 0.05) is 23.8 Å². The molecular weight excluding hydrogens is 246 g/mol. The van der Waals surface area contributed by atoms with E-state index >= 15 is 0 Å². The second kappa shape index (κ2) is 5.94. The monoisotopic (exact) mass is 267 g/mol. The summed E-state index contributed by atoms with van der Waals surface area (Å²) in [7, 11) is 0. The number of aliphatic hydroxyl groups is 1. The van der Waals surface area contributed by atoms with Crippen molar-refractivity contribution in [2.24, 2.45) is 5.92 Å². The summed E-state index contributed by atoms with van der Waals surface area (Å²) in [5.74, 6) is 0.800. The molecule has 2 atom stereocenters. The van der Waals surface area contributed by atoms with E-state index in [0.717, 1.165) is 24.6 Å². The van der Waals surface area contributed by atoms with E-state index in [4.69, 9.17) is 11.6 Å². The zero-order valence-corrected chi connectivity index (χ0v) is 12.0. The van der Waals surface area contributed by atoms with Crippen molar-refractivity contribution in [3.8, 4) is 0 Å². The molecule has 0 aliphatic carbocycles. The van der Waals surface area contributed by atoms with Gasteiger partial charge in [-0.3, -0.25) is 0 Å². The van der Waals surface area contributed by atoms with Crippen LogP contribution in [-0.2, 0) is 0 Å². The fourth-order valence-corrected chi connectivity index (χ4v) is 3.02. The summed E-state index contributed by atoms with van der Waals surface area (Å²) in [4.78, 5) is 2.41. The highest BCUT2D eigenvalue weighted by Gasteiger charge is 2.19. The molecule has 2 nitrogen and oxygen atoms in total. The molecule has 1 aromatic rings. The minimum Gasteiger partial charge on any atom is -0.389 e. The molecule has 100 valence electrons. The van der Waals surface area contributed by atoms with Crippen molar-refractivity contribution < 1.29 is 5.11 Å². The Labute approximate surface area is 115 Å². The van der Waals surface area contributed by atoms with Crippen LogP contribution in [0.5, 0.6) is 0 Å². The van der Waals surface area contributed by atoms with Crippen molar-refractivity contribution >= 4 is 17.3 Å². The van der Waals surface area contributed by atoms with E-state index < -0.39 is 6.10 Å². The molecule has 1 aromatic carbocycles. The number of halogens is 1. The van der Waals surface area contributed by atoms with Crippen molar-refractivity contribution in [2.45, 2.75) is 39.2 Å². The number of aliphatic hydroxyl groups excluding tert-OH is 1. The number of benzene rings is 1. The standard InChI is InChI=1S/C15H22ClNO/c1-3-12-5-4-8-17(10-12)13-6-7-14(11(2)18)15(16)9-13/h6-7,9,11-12,18H,3-5,8,10H2,1-2H3. The molecule has 1 N–H and O–H groups in total. The van der Waals surface area contributed by atoms with E-state index in [1.807, 2.05) is 12.1 Å². The highest BCUT2D eigenvalue weighted by atomic mass is 35.5. The Morgan fingerprint density at radius 3 is 2.89 bits per heavy atom. The molecule has 0 amide bonds. The van der Waals surface area contributed by atoms with Crippen molar-refractivity contribution in [1.82, 2.24) is 0 Å². The summed E-state index contributed by atoms with van der Waals surface area (Å²) < 4.78 is 0. The quantitative estimate of drug-likeness (QED) is 0.894. The van der Waals surface area contributed by atoms with Gasteiger partial charge in [-0.25, -0.2) is 0 Å². The first-order valence-corrected chi connectivity index (χ1v) is 7.22. The molecule has 0 radical (unpaired) electrons. The van der Waals surface area contributed by atoms with E-state index in [2.05, 4.69) is 17.9 Å². The van der Waals surface area contributed by atoms with Crippen LogP contribution in [0.3, 0.4) is 0 Å². The number of nitrogens with zero attached hydrogens (tertiary/aromatic N) is 1. The molecule has 0 bridgehead atoms. The molecule has 0 aromatic heterocycles. The maximum absolute atomic E-state index is 9.59. The summed E-state index contributed by atoms with van der Waals surface area (Å²) in [6.45, 7) is 6.24. The van der Waals surface area contributed by atoms with Gasteiger partial charge in [-0.1, -0.05) is 31.0 Å². The van der Waals surface area contributed by atoms with Crippen LogP contribution in [0.25, 0.3) is 0 Å². The molecule has 1 aliphatic heterocycles. The Hall–Kier alpha value is -0.730. The molecule has 1 saturated heterocycles. The van der Waals surface area contributed by atoms with Gasteiger partial charge in [0.1, 0.15) is 0 Å². The first-order chi connectivity index (χ1) is 8.61. The minimum atomic E-state index is -0.503. The van der Waals surface area contributed by atoms with E-state index in [0.29, 0.717) is 5.02 Å². The molecular formula is C15H22ClNO. The number of hydrogen-bond donors (Lipinski definition) is 1. The highest BCUT2D eigenvalue weighted by Crippen LogP contribution is 2.30. The summed E-state index contributed by atoms with van der Waals surface area (Å²) in [6.07, 6.45) is 3.34. The lowest BCUT2D eigenvalue weighted by atomic mass is 9.95. The van der Waals surface area contributed by atoms with Crippen LogP contribution in [0.1, 0.15) is 44.8 Å². The van der Waals surface area contributed by atoms with Gasteiger partial charge in [0.2, 0.25) is 0 Å². The first-order valence-electron chi connectivity index (χ1n) is 6.84. The third kappa shape index (κ3) is 2.99. The van der Waals surface area contributed by atoms with Crippen molar-refractivity contribution in [3.05, 3.63) is 28.8 Å². The molecule has 2 unspecified atom stereocenters. The van der Waals surface area contributed by atoms with Gasteiger partial charge < -0.3 is 10.0 Å². The molecule has 18 heavy (non-hydrogen) atoms. The minimum absolute atomic E-state index is 0.503. The van der Waals surface area contributed by atoms with Crippen LogP contribution in [-0.4, -0.2) is 18.2 Å². The molecule has 1 heterocycles. The van der Waals surface area contributed by atoms with Crippen LogP contribution < -0.4 is 4.90 Å². The average Bonchev–Trinajstić information content (AvgIpc) is 2.38. The molecule has 0 spiro atoms. The fraction of sp³-hybridized carbons (Fsp3) is 0.600. The van der Waals surface area contributed by atoms with Crippen molar-refractivity contribution in [2.75, 3.05) is 18.0 Å². The zero-order valence-electron chi connectivity index (χ0n) is 11.2. The topological polar surface area (TPSA) is 23.5 Å². The average molecular weight is 268 g/mol. The van der Waals surface area contributed by atoms with Crippen LogP contribution >= 0.6 is 11.6 Å². The second-order valence-corrected chi connectivity index (χ2v) is 5.65. The molecule has 2 rings (SSSR count). The summed E-state index contributed by atoms with van der Waals surface area (Å²) in [6, 6.07) is 6.01. The Bertz CT molecular complexity index is 405. The largest absolute Gasteiger partial charge is 0.389 e. The Morgan fingerprint density at radius 2 is 2.28 bits per heavy atom. The number of hydrogen-bond acceptors (Lipinski definition) is 2. The summed E-state index contributed by atoms with van der Waals surface area (Å²) in [5.41, 5.74) is 1.99. The summed E-state index contributed by atoms with van der Waals surface area (Å²) in [5, 5.41) is 10.3. The smallest absolute Gasteiger partial charge is 0.0776 e. The number of anilines is 1. The van der Waals surface area contributed by atoms with Crippen LogP contribution in [0.4, 0.5) is 5.69 Å². The van der Waals surface area contributed by atoms with Crippen molar-refractivity contribution in [1.29, 1.82) is 0 Å². The molecule has 3 heteroatoms. The lowest BCUT2D eigenvalue weighted by molar-refractivity contribution is 0.199. The lowest BCUT2D eigenvalue weighted by Gasteiger charge is -2.34. The lowest BCUT2D eigenvalue weighted by Crippen LogP contribution is -2.35. The van der Waals surface area contributed by atoms with Gasteiger partial charge in [-0.15, -0.1) is 0 Å². The van der Waals surface area contributed by atoms with Gasteiger partial charge in [0.15, 0.2) is 0 Å². The van der Waals surface area contributed by atoms with E-state index in [1.54, 1.807) is 6.92 Å². The third-order valence-corrected chi connectivity index (χ3v) is 4.22.